The third-order valence-corrected chi connectivity index (χ3v) is 4.25. The lowest BCUT2D eigenvalue weighted by molar-refractivity contribution is 0.0735. The van der Waals surface area contributed by atoms with Crippen LogP contribution in [0.4, 0.5) is 4.39 Å². The van der Waals surface area contributed by atoms with Crippen LogP contribution in [0.2, 0.25) is 0 Å². The topological polar surface area (TPSA) is 80.5 Å². The van der Waals surface area contributed by atoms with Gasteiger partial charge in [-0.05, 0) is 38.0 Å². The third kappa shape index (κ3) is 3.34. The number of nitrogens with two attached hydrogens (primary N) is 1. The van der Waals surface area contributed by atoms with Crippen LogP contribution >= 0.6 is 0 Å². The summed E-state index contributed by atoms with van der Waals surface area (Å²) in [6, 6.07) is 2.02. The molecule has 0 bridgehead atoms. The summed E-state index contributed by atoms with van der Waals surface area (Å²) in [5.74, 6) is -1.29. The molecule has 0 radical (unpaired) electrons. The van der Waals surface area contributed by atoms with Crippen molar-refractivity contribution in [3.8, 4) is 0 Å². The zero-order chi connectivity index (χ0) is 15.7. The monoisotopic (exact) mass is 302 g/mol. The molecule has 2 N–H and O–H groups in total. The van der Waals surface area contributed by atoms with Gasteiger partial charge in [-0.15, -0.1) is 0 Å². The molecule has 1 amide bonds. The molecule has 0 spiro atoms. The lowest BCUT2D eigenvalue weighted by Crippen LogP contribution is -2.35. The molecule has 1 unspecified atom stereocenters. The van der Waals surface area contributed by atoms with Crippen LogP contribution in [0.15, 0.2) is 17.0 Å². The second-order valence-corrected chi connectivity index (χ2v) is 6.38. The fraction of sp³-hybridized carbons (Fsp3) is 0.462. The predicted octanol–water partition coefficient (Wildman–Crippen LogP) is 1.65. The normalized spacial score (nSPS) is 13.1. The first-order valence-electron chi connectivity index (χ1n) is 6.19. The van der Waals surface area contributed by atoms with E-state index in [0.29, 0.717) is 6.42 Å². The summed E-state index contributed by atoms with van der Waals surface area (Å²) < 4.78 is 36.8. The van der Waals surface area contributed by atoms with Gasteiger partial charge in [0.05, 0.1) is 10.5 Å². The number of hydrogen-bond acceptors (Lipinski definition) is 3. The highest BCUT2D eigenvalue weighted by Gasteiger charge is 2.23. The number of amides is 1. The number of halogens is 1. The van der Waals surface area contributed by atoms with Crippen LogP contribution in [-0.2, 0) is 10.0 Å². The summed E-state index contributed by atoms with van der Waals surface area (Å²) >= 11 is 0. The van der Waals surface area contributed by atoms with E-state index in [0.717, 1.165) is 12.1 Å². The first-order chi connectivity index (χ1) is 9.09. The molecule has 20 heavy (non-hydrogen) atoms. The molecule has 0 aromatic heterocycles. The predicted molar refractivity (Wildman–Crippen MR) is 74.4 cm³/mol. The Hall–Kier alpha value is -1.47. The number of aryl methyl sites for hydroxylation is 1. The molecular weight excluding hydrogens is 283 g/mol. The van der Waals surface area contributed by atoms with E-state index in [-0.39, 0.29) is 22.1 Å². The van der Waals surface area contributed by atoms with E-state index in [4.69, 9.17) is 5.14 Å². The van der Waals surface area contributed by atoms with Gasteiger partial charge in [0.1, 0.15) is 5.82 Å². The Labute approximate surface area is 118 Å². The highest BCUT2D eigenvalue weighted by atomic mass is 32.2. The van der Waals surface area contributed by atoms with Gasteiger partial charge in [0, 0.05) is 13.1 Å². The van der Waals surface area contributed by atoms with Crippen LogP contribution < -0.4 is 5.14 Å². The number of sulfonamides is 1. The molecule has 0 fully saturated rings. The van der Waals surface area contributed by atoms with Crippen LogP contribution in [0.25, 0.3) is 0 Å². The number of carbonyl (C=O) groups excluding carboxylic acids is 1. The number of benzene rings is 1. The maximum atomic E-state index is 14.1. The highest BCUT2D eigenvalue weighted by molar-refractivity contribution is 7.89. The second-order valence-electron chi connectivity index (χ2n) is 4.82. The first kappa shape index (κ1) is 16.6. The lowest BCUT2D eigenvalue weighted by atomic mass is 10.1. The quantitative estimate of drug-likeness (QED) is 0.918. The van der Waals surface area contributed by atoms with Crippen molar-refractivity contribution in [2.24, 2.45) is 5.14 Å². The van der Waals surface area contributed by atoms with Gasteiger partial charge in [-0.1, -0.05) is 6.92 Å². The number of nitrogens with zero attached hydrogens (tertiary/aromatic N) is 1. The Balaban J connectivity index is 3.38. The summed E-state index contributed by atoms with van der Waals surface area (Å²) in [4.78, 5) is 13.4. The summed E-state index contributed by atoms with van der Waals surface area (Å²) in [7, 11) is -2.44. The molecule has 1 rings (SSSR count). The maximum absolute atomic E-state index is 14.1. The molecule has 1 aromatic rings. The van der Waals surface area contributed by atoms with Crippen molar-refractivity contribution in [1.82, 2.24) is 4.90 Å². The van der Waals surface area contributed by atoms with Crippen LogP contribution in [-0.4, -0.2) is 32.3 Å². The maximum Gasteiger partial charge on any atom is 0.256 e. The standard InChI is InChI=1S/C13H19FN2O3S/c1-5-9(3)16(4)13(17)11-7-10(20(15,18)19)6-8(2)12(11)14/h6-7,9H,5H2,1-4H3,(H2,15,18,19). The van der Waals surface area contributed by atoms with Crippen molar-refractivity contribution in [3.05, 3.63) is 29.1 Å². The van der Waals surface area contributed by atoms with E-state index in [9.17, 15) is 17.6 Å². The van der Waals surface area contributed by atoms with E-state index in [2.05, 4.69) is 0 Å². The van der Waals surface area contributed by atoms with Crippen molar-refractivity contribution in [2.75, 3.05) is 7.05 Å². The highest BCUT2D eigenvalue weighted by Crippen LogP contribution is 2.20. The van der Waals surface area contributed by atoms with Gasteiger partial charge in [-0.3, -0.25) is 4.79 Å². The number of carbonyl (C=O) groups is 1. The van der Waals surface area contributed by atoms with E-state index in [1.807, 2.05) is 13.8 Å². The molecule has 0 aliphatic heterocycles. The van der Waals surface area contributed by atoms with Gasteiger partial charge in [0.15, 0.2) is 0 Å². The average Bonchev–Trinajstić information content (AvgIpc) is 2.37. The molecule has 1 atom stereocenters. The summed E-state index contributed by atoms with van der Waals surface area (Å²) in [6.07, 6.45) is 0.706. The molecule has 0 saturated carbocycles. The summed E-state index contributed by atoms with van der Waals surface area (Å²) in [6.45, 7) is 5.12. The van der Waals surface area contributed by atoms with E-state index in [1.165, 1.54) is 11.8 Å². The molecule has 0 heterocycles. The summed E-state index contributed by atoms with van der Waals surface area (Å²) in [5, 5.41) is 5.03. The number of hydrogen-bond donors (Lipinski definition) is 1. The lowest BCUT2D eigenvalue weighted by Gasteiger charge is -2.24. The van der Waals surface area contributed by atoms with Gasteiger partial charge in [-0.25, -0.2) is 17.9 Å². The molecule has 0 aliphatic carbocycles. The molecule has 7 heteroatoms. The zero-order valence-corrected chi connectivity index (χ0v) is 12.8. The van der Waals surface area contributed by atoms with Crippen molar-refractivity contribution < 1.29 is 17.6 Å². The molecule has 5 nitrogen and oxygen atoms in total. The molecule has 0 saturated heterocycles. The molecule has 1 aromatic carbocycles. The molecular formula is C13H19FN2O3S. The molecule has 112 valence electrons. The Morgan fingerprint density at radius 3 is 2.45 bits per heavy atom. The van der Waals surface area contributed by atoms with E-state index >= 15 is 0 Å². The second kappa shape index (κ2) is 5.88. The van der Waals surface area contributed by atoms with Crippen LogP contribution in [0, 0.1) is 12.7 Å². The number of primary sulfonamides is 1. The van der Waals surface area contributed by atoms with Crippen molar-refractivity contribution in [1.29, 1.82) is 0 Å². The average molecular weight is 302 g/mol. The minimum absolute atomic E-state index is 0.0671. The van der Waals surface area contributed by atoms with Gasteiger partial charge in [0.2, 0.25) is 10.0 Å². The summed E-state index contributed by atoms with van der Waals surface area (Å²) in [5.41, 5.74) is -0.214. The van der Waals surface area contributed by atoms with Gasteiger partial charge >= 0.3 is 0 Å². The smallest absolute Gasteiger partial charge is 0.256 e. The van der Waals surface area contributed by atoms with Crippen LogP contribution in [0.1, 0.15) is 36.2 Å². The van der Waals surface area contributed by atoms with E-state index in [1.54, 1.807) is 7.05 Å². The van der Waals surface area contributed by atoms with Crippen molar-refractivity contribution in [3.63, 3.8) is 0 Å². The zero-order valence-electron chi connectivity index (χ0n) is 12.0. The van der Waals surface area contributed by atoms with Crippen molar-refractivity contribution >= 4 is 15.9 Å². The minimum atomic E-state index is -3.99. The van der Waals surface area contributed by atoms with Crippen LogP contribution in [0.5, 0.6) is 0 Å². The fourth-order valence-corrected chi connectivity index (χ4v) is 2.34. The third-order valence-electron chi connectivity index (χ3n) is 3.36. The fourth-order valence-electron chi connectivity index (χ4n) is 1.72. The largest absolute Gasteiger partial charge is 0.339 e. The Kier molecular flexibility index (Phi) is 4.88. The number of rotatable bonds is 4. The van der Waals surface area contributed by atoms with Gasteiger partial charge in [0.25, 0.3) is 5.91 Å². The van der Waals surface area contributed by atoms with E-state index < -0.39 is 21.7 Å². The van der Waals surface area contributed by atoms with Crippen LogP contribution in [0.3, 0.4) is 0 Å². The Morgan fingerprint density at radius 1 is 1.45 bits per heavy atom. The Bertz CT molecular complexity index is 629. The van der Waals surface area contributed by atoms with Gasteiger partial charge < -0.3 is 4.90 Å². The SMILES string of the molecule is CCC(C)N(C)C(=O)c1cc(S(N)(=O)=O)cc(C)c1F. The molecule has 0 aliphatic rings. The van der Waals surface area contributed by atoms with Gasteiger partial charge in [-0.2, -0.15) is 0 Å². The first-order valence-corrected chi connectivity index (χ1v) is 7.74. The van der Waals surface area contributed by atoms with Crippen molar-refractivity contribution in [2.45, 2.75) is 38.1 Å². The minimum Gasteiger partial charge on any atom is -0.339 e. The Morgan fingerprint density at radius 2 is 2.00 bits per heavy atom.